The normalized spacial score (nSPS) is 11.4. The van der Waals surface area contributed by atoms with Gasteiger partial charge in [-0.05, 0) is 42.2 Å². The number of aromatic nitrogens is 6. The van der Waals surface area contributed by atoms with Crippen molar-refractivity contribution < 1.29 is 9.13 Å². The number of nitrogens with zero attached hydrogens (tertiary/aromatic N) is 6. The van der Waals surface area contributed by atoms with Crippen molar-refractivity contribution in [1.82, 2.24) is 29.4 Å². The number of methoxy groups -OCH3 is 1. The SMILES string of the molecule is CCc1nn2c(nnc3c(=O)n(CCc4ccccc4OC)cnc32)c1-c1ccc(F)cc1. The molecule has 0 bridgehead atoms. The van der Waals surface area contributed by atoms with Gasteiger partial charge in [-0.2, -0.15) is 9.61 Å². The fourth-order valence-electron chi connectivity index (χ4n) is 3.97. The van der Waals surface area contributed by atoms with Crippen LogP contribution in [0.4, 0.5) is 4.39 Å². The van der Waals surface area contributed by atoms with Gasteiger partial charge in [-0.25, -0.2) is 9.37 Å². The van der Waals surface area contributed by atoms with Crippen LogP contribution in [0.5, 0.6) is 5.75 Å². The van der Waals surface area contributed by atoms with Gasteiger partial charge in [0.15, 0.2) is 16.8 Å². The van der Waals surface area contributed by atoms with Crippen LogP contribution in [-0.4, -0.2) is 36.5 Å². The number of hydrogen-bond donors (Lipinski definition) is 0. The second-order valence-electron chi connectivity index (χ2n) is 7.59. The Bertz CT molecular complexity index is 1520. The van der Waals surface area contributed by atoms with Crippen LogP contribution in [0.3, 0.4) is 0 Å². The summed E-state index contributed by atoms with van der Waals surface area (Å²) in [4.78, 5) is 17.6. The van der Waals surface area contributed by atoms with Crippen molar-refractivity contribution in [2.45, 2.75) is 26.3 Å². The number of ether oxygens (including phenoxy) is 1. The highest BCUT2D eigenvalue weighted by molar-refractivity contribution is 5.83. The number of fused-ring (bicyclic) bond motifs is 3. The van der Waals surface area contributed by atoms with E-state index in [4.69, 9.17) is 4.74 Å². The number of hydrogen-bond acceptors (Lipinski definition) is 6. The first-order valence-corrected chi connectivity index (χ1v) is 10.6. The lowest BCUT2D eigenvalue weighted by atomic mass is 10.0. The zero-order valence-corrected chi connectivity index (χ0v) is 18.2. The smallest absolute Gasteiger partial charge is 0.283 e. The first kappa shape index (κ1) is 20.7. The average molecular weight is 444 g/mol. The van der Waals surface area contributed by atoms with Crippen molar-refractivity contribution in [1.29, 1.82) is 0 Å². The standard InChI is InChI=1S/C24H21FN6O2/c1-3-18-20(16-8-10-17(25)11-9-16)22-28-27-21-23(31(22)29-18)26-14-30(24(21)32)13-12-15-6-4-5-7-19(15)33-2/h4-11,14H,3,12-13H2,1-2H3. The summed E-state index contributed by atoms with van der Waals surface area (Å²) in [5.41, 5.74) is 3.96. The van der Waals surface area contributed by atoms with Gasteiger partial charge in [0.1, 0.15) is 17.9 Å². The van der Waals surface area contributed by atoms with E-state index in [1.807, 2.05) is 31.2 Å². The molecular weight excluding hydrogens is 423 g/mol. The average Bonchev–Trinajstić information content (AvgIpc) is 3.23. The van der Waals surface area contributed by atoms with Crippen LogP contribution >= 0.6 is 0 Å². The first-order valence-electron chi connectivity index (χ1n) is 10.6. The van der Waals surface area contributed by atoms with E-state index in [1.165, 1.54) is 23.0 Å². The molecule has 5 rings (SSSR count). The lowest BCUT2D eigenvalue weighted by molar-refractivity contribution is 0.408. The predicted octanol–water partition coefficient (Wildman–Crippen LogP) is 3.45. The molecule has 33 heavy (non-hydrogen) atoms. The van der Waals surface area contributed by atoms with Crippen LogP contribution in [0.25, 0.3) is 27.9 Å². The Morgan fingerprint density at radius 2 is 1.82 bits per heavy atom. The summed E-state index contributed by atoms with van der Waals surface area (Å²) in [5.74, 6) is 0.456. The van der Waals surface area contributed by atoms with Crippen LogP contribution in [0.1, 0.15) is 18.2 Å². The molecule has 0 fully saturated rings. The predicted molar refractivity (Wildman–Crippen MR) is 122 cm³/mol. The minimum atomic E-state index is -0.319. The van der Waals surface area contributed by atoms with Crippen molar-refractivity contribution in [3.8, 4) is 16.9 Å². The molecule has 2 aromatic carbocycles. The Hall–Kier alpha value is -4.14. The molecule has 3 heterocycles. The van der Waals surface area contributed by atoms with Crippen molar-refractivity contribution >= 4 is 16.8 Å². The number of para-hydroxylation sites is 1. The molecule has 0 saturated carbocycles. The van der Waals surface area contributed by atoms with Gasteiger partial charge in [0.2, 0.25) is 0 Å². The molecule has 0 atom stereocenters. The monoisotopic (exact) mass is 444 g/mol. The van der Waals surface area contributed by atoms with Crippen LogP contribution in [-0.2, 0) is 19.4 Å². The van der Waals surface area contributed by atoms with E-state index in [0.29, 0.717) is 30.7 Å². The summed E-state index contributed by atoms with van der Waals surface area (Å²) >= 11 is 0. The summed E-state index contributed by atoms with van der Waals surface area (Å²) in [6, 6.07) is 13.8. The minimum Gasteiger partial charge on any atom is -0.496 e. The fourth-order valence-corrected chi connectivity index (χ4v) is 3.97. The Morgan fingerprint density at radius 3 is 2.58 bits per heavy atom. The number of rotatable bonds is 6. The van der Waals surface area contributed by atoms with Crippen LogP contribution < -0.4 is 10.3 Å². The summed E-state index contributed by atoms with van der Waals surface area (Å²) in [5, 5.41) is 13.2. The molecule has 166 valence electrons. The Morgan fingerprint density at radius 1 is 1.03 bits per heavy atom. The zero-order chi connectivity index (χ0) is 22.9. The maximum atomic E-state index is 13.4. The molecule has 5 aromatic rings. The highest BCUT2D eigenvalue weighted by atomic mass is 19.1. The summed E-state index contributed by atoms with van der Waals surface area (Å²) in [6.45, 7) is 2.39. The van der Waals surface area contributed by atoms with E-state index in [0.717, 1.165) is 28.1 Å². The highest BCUT2D eigenvalue weighted by Crippen LogP contribution is 2.28. The number of halogens is 1. The Kier molecular flexibility index (Phi) is 5.29. The summed E-state index contributed by atoms with van der Waals surface area (Å²) in [7, 11) is 1.62. The topological polar surface area (TPSA) is 87.2 Å². The molecule has 0 aliphatic carbocycles. The lowest BCUT2D eigenvalue weighted by Crippen LogP contribution is -2.24. The van der Waals surface area contributed by atoms with E-state index in [-0.39, 0.29) is 16.9 Å². The molecule has 0 N–H and O–H groups in total. The lowest BCUT2D eigenvalue weighted by Gasteiger charge is -2.10. The van der Waals surface area contributed by atoms with Crippen LogP contribution in [0, 0.1) is 5.82 Å². The molecule has 3 aromatic heterocycles. The fraction of sp³-hybridized carbons (Fsp3) is 0.208. The largest absolute Gasteiger partial charge is 0.496 e. The molecule has 0 aliphatic rings. The third kappa shape index (κ3) is 3.61. The quantitative estimate of drug-likeness (QED) is 0.399. The van der Waals surface area contributed by atoms with Gasteiger partial charge in [-0.1, -0.05) is 37.3 Å². The molecule has 0 saturated heterocycles. The third-order valence-electron chi connectivity index (χ3n) is 5.66. The molecule has 0 aliphatic heterocycles. The molecule has 0 spiro atoms. The van der Waals surface area contributed by atoms with Crippen molar-refractivity contribution in [3.05, 3.63) is 82.3 Å². The third-order valence-corrected chi connectivity index (χ3v) is 5.66. The second kappa shape index (κ2) is 8.42. The van der Waals surface area contributed by atoms with Gasteiger partial charge in [0.25, 0.3) is 5.56 Å². The molecule has 8 nitrogen and oxygen atoms in total. The van der Waals surface area contributed by atoms with Crippen LogP contribution in [0.2, 0.25) is 0 Å². The maximum absolute atomic E-state index is 13.4. The molecule has 0 amide bonds. The van der Waals surface area contributed by atoms with Gasteiger partial charge < -0.3 is 4.74 Å². The van der Waals surface area contributed by atoms with E-state index in [1.54, 1.807) is 23.8 Å². The maximum Gasteiger partial charge on any atom is 0.283 e. The molecular formula is C24H21FN6O2. The van der Waals surface area contributed by atoms with Gasteiger partial charge >= 0.3 is 0 Å². The van der Waals surface area contributed by atoms with E-state index in [2.05, 4.69) is 20.3 Å². The Labute approximate surface area is 188 Å². The Balaban J connectivity index is 1.58. The van der Waals surface area contributed by atoms with E-state index < -0.39 is 0 Å². The molecule has 0 radical (unpaired) electrons. The minimum absolute atomic E-state index is 0.140. The van der Waals surface area contributed by atoms with Crippen LogP contribution in [0.15, 0.2) is 59.7 Å². The van der Waals surface area contributed by atoms with Gasteiger partial charge in [-0.3, -0.25) is 9.36 Å². The van der Waals surface area contributed by atoms with Gasteiger partial charge in [0.05, 0.1) is 18.4 Å². The molecule has 9 heteroatoms. The van der Waals surface area contributed by atoms with Crippen molar-refractivity contribution in [2.24, 2.45) is 0 Å². The first-order chi connectivity index (χ1) is 16.1. The van der Waals surface area contributed by atoms with Crippen molar-refractivity contribution in [3.63, 3.8) is 0 Å². The molecule has 0 unspecified atom stereocenters. The number of aryl methyl sites for hydroxylation is 3. The van der Waals surface area contributed by atoms with E-state index >= 15 is 0 Å². The van der Waals surface area contributed by atoms with Gasteiger partial charge in [-0.15, -0.1) is 10.2 Å². The van der Waals surface area contributed by atoms with Crippen molar-refractivity contribution in [2.75, 3.05) is 7.11 Å². The van der Waals surface area contributed by atoms with E-state index in [9.17, 15) is 9.18 Å². The number of benzene rings is 2. The summed E-state index contributed by atoms with van der Waals surface area (Å²) in [6.07, 6.45) is 2.74. The highest BCUT2D eigenvalue weighted by Gasteiger charge is 2.19. The summed E-state index contributed by atoms with van der Waals surface area (Å²) < 4.78 is 21.9. The zero-order valence-electron chi connectivity index (χ0n) is 18.2. The second-order valence-corrected chi connectivity index (χ2v) is 7.59. The van der Waals surface area contributed by atoms with Gasteiger partial charge in [0, 0.05) is 6.54 Å².